The molecule has 0 saturated heterocycles. The molecule has 0 aliphatic carbocycles. The van der Waals surface area contributed by atoms with Crippen molar-refractivity contribution in [3.8, 4) is 28.3 Å². The number of ether oxygens (including phenoxy) is 1. The van der Waals surface area contributed by atoms with E-state index >= 15 is 0 Å². The summed E-state index contributed by atoms with van der Waals surface area (Å²) in [5.41, 5.74) is 5.46. The molecule has 6 nitrogen and oxygen atoms in total. The van der Waals surface area contributed by atoms with Gasteiger partial charge in [0.05, 0.1) is 23.7 Å². The number of halogens is 6. The molecule has 5 rings (SSSR count). The van der Waals surface area contributed by atoms with E-state index in [9.17, 15) is 26.3 Å². The predicted octanol–water partition coefficient (Wildman–Crippen LogP) is 7.85. The second-order valence-corrected chi connectivity index (χ2v) is 9.35. The van der Waals surface area contributed by atoms with Crippen LogP contribution in [0.2, 0.25) is 0 Å². The average Bonchev–Trinajstić information content (AvgIpc) is 3.41. The number of carboxylic acid groups (broad SMARTS) is 1. The zero-order valence-corrected chi connectivity index (χ0v) is 22.6. The fourth-order valence-electron chi connectivity index (χ4n) is 4.10. The van der Waals surface area contributed by atoms with Gasteiger partial charge in [-0.25, -0.2) is 9.78 Å². The number of methoxy groups -OCH3 is 1. The number of benzene rings is 4. The highest BCUT2D eigenvalue weighted by Crippen LogP contribution is 2.32. The fourth-order valence-corrected chi connectivity index (χ4v) is 4.10. The number of alkyl halides is 6. The van der Waals surface area contributed by atoms with Gasteiger partial charge < -0.3 is 20.1 Å². The zero-order valence-electron chi connectivity index (χ0n) is 22.6. The number of aromatic amines is 1. The van der Waals surface area contributed by atoms with Gasteiger partial charge in [0.25, 0.3) is 0 Å². The van der Waals surface area contributed by atoms with Gasteiger partial charge in [0.15, 0.2) is 0 Å². The monoisotopic (exact) mass is 601 g/mol. The highest BCUT2D eigenvalue weighted by atomic mass is 19.4. The van der Waals surface area contributed by atoms with Gasteiger partial charge in [0, 0.05) is 18.7 Å². The lowest BCUT2D eigenvalue weighted by Crippen LogP contribution is -2.21. The van der Waals surface area contributed by atoms with Crippen molar-refractivity contribution in [1.29, 1.82) is 0 Å². The Morgan fingerprint density at radius 1 is 0.814 bits per heavy atom. The summed E-state index contributed by atoms with van der Waals surface area (Å²) < 4.78 is 76.0. The largest absolute Gasteiger partial charge is 0.497 e. The van der Waals surface area contributed by atoms with E-state index in [0.717, 1.165) is 47.7 Å². The number of nitrogens with one attached hydrogen (secondary N) is 2. The molecule has 1 heterocycles. The molecular weight excluding hydrogens is 576 g/mol. The molecule has 0 amide bonds. The molecular formula is C31H25F6N3O3. The molecule has 0 aliphatic rings. The number of aliphatic carboxylic acids is 1. The number of nitrogens with zero attached hydrogens (tertiary/aromatic N) is 1. The number of aromatic nitrogens is 2. The van der Waals surface area contributed by atoms with Crippen LogP contribution in [0, 0.1) is 0 Å². The Kier molecular flexibility index (Phi) is 9.40. The fraction of sp³-hybridized carbons (Fsp3) is 0.161. The quantitative estimate of drug-likeness (QED) is 0.166. The minimum Gasteiger partial charge on any atom is -0.497 e. The van der Waals surface area contributed by atoms with E-state index < -0.39 is 23.9 Å². The summed E-state index contributed by atoms with van der Waals surface area (Å²) in [6.45, 7) is 1.49. The van der Waals surface area contributed by atoms with Crippen molar-refractivity contribution in [2.75, 3.05) is 7.11 Å². The van der Waals surface area contributed by atoms with E-state index in [1.54, 1.807) is 7.11 Å². The third-order valence-electron chi connectivity index (χ3n) is 6.29. The summed E-state index contributed by atoms with van der Waals surface area (Å²) in [7, 11) is 1.66. The Bertz CT molecular complexity index is 1680. The molecule has 0 radical (unpaired) electrons. The Labute approximate surface area is 242 Å². The van der Waals surface area contributed by atoms with Crippen LogP contribution in [0.1, 0.15) is 16.7 Å². The molecule has 3 N–H and O–H groups in total. The van der Waals surface area contributed by atoms with Gasteiger partial charge in [-0.2, -0.15) is 26.3 Å². The number of hydrogen-bond donors (Lipinski definition) is 3. The van der Waals surface area contributed by atoms with Crippen LogP contribution in [0.4, 0.5) is 26.3 Å². The lowest BCUT2D eigenvalue weighted by molar-refractivity contribution is -0.192. The van der Waals surface area contributed by atoms with Crippen molar-refractivity contribution in [1.82, 2.24) is 15.3 Å². The first-order valence-electron chi connectivity index (χ1n) is 12.7. The van der Waals surface area contributed by atoms with Gasteiger partial charge >= 0.3 is 18.3 Å². The predicted molar refractivity (Wildman–Crippen MR) is 149 cm³/mol. The number of rotatable bonds is 7. The zero-order chi connectivity index (χ0) is 31.2. The van der Waals surface area contributed by atoms with Crippen molar-refractivity contribution in [2.45, 2.75) is 25.4 Å². The highest BCUT2D eigenvalue weighted by molar-refractivity contribution is 5.80. The van der Waals surface area contributed by atoms with Gasteiger partial charge in [-0.05, 0) is 58.7 Å². The van der Waals surface area contributed by atoms with Crippen LogP contribution in [0.25, 0.3) is 33.5 Å². The van der Waals surface area contributed by atoms with Gasteiger partial charge in [-0.3, -0.25) is 0 Å². The molecule has 43 heavy (non-hydrogen) atoms. The summed E-state index contributed by atoms with van der Waals surface area (Å²) in [6.07, 6.45) is -9.47. The Morgan fingerprint density at radius 2 is 1.44 bits per heavy atom. The number of fused-ring (bicyclic) bond motifs is 1. The summed E-state index contributed by atoms with van der Waals surface area (Å²) in [6, 6.07) is 27.7. The van der Waals surface area contributed by atoms with E-state index in [4.69, 9.17) is 14.6 Å². The lowest BCUT2D eigenvalue weighted by Gasteiger charge is -2.09. The first-order valence-corrected chi connectivity index (χ1v) is 12.7. The SMILES string of the molecule is COc1ccc(CNCc2cccc(-c3ccc(-c4nc5ccc(C(F)(F)F)cc5[nH]4)cc3)c2)cc1.O=C(O)C(F)(F)F. The summed E-state index contributed by atoms with van der Waals surface area (Å²) in [4.78, 5) is 16.4. The van der Waals surface area contributed by atoms with Gasteiger partial charge in [0.1, 0.15) is 11.6 Å². The van der Waals surface area contributed by atoms with Crippen LogP contribution < -0.4 is 10.1 Å². The number of carbonyl (C=O) groups is 1. The summed E-state index contributed by atoms with van der Waals surface area (Å²) in [5.74, 6) is -1.38. The third kappa shape index (κ3) is 8.35. The maximum atomic E-state index is 13.0. The Morgan fingerprint density at radius 3 is 2.05 bits per heavy atom. The molecule has 1 aromatic heterocycles. The third-order valence-corrected chi connectivity index (χ3v) is 6.29. The average molecular weight is 602 g/mol. The van der Waals surface area contributed by atoms with E-state index in [1.807, 2.05) is 54.6 Å². The standard InChI is InChI=1S/C29H24F3N3O.C2HF3O2/c1-36-25-12-5-19(6-13-25)17-33-18-20-3-2-4-23(15-20)21-7-9-22(10-8-21)28-34-26-14-11-24(29(30,31)32)16-27(26)35-28;3-2(4,5)1(6)7/h2-16,33H,17-18H2,1H3,(H,34,35);(H,6,7). The van der Waals surface area contributed by atoms with Crippen molar-refractivity contribution >= 4 is 17.0 Å². The molecule has 0 bridgehead atoms. The Hall–Kier alpha value is -4.84. The Balaban J connectivity index is 0.000000541. The molecule has 0 unspecified atom stereocenters. The molecule has 5 aromatic rings. The second-order valence-electron chi connectivity index (χ2n) is 9.35. The normalized spacial score (nSPS) is 11.6. The highest BCUT2D eigenvalue weighted by Gasteiger charge is 2.38. The minimum atomic E-state index is -5.08. The van der Waals surface area contributed by atoms with Crippen LogP contribution in [0.3, 0.4) is 0 Å². The smallest absolute Gasteiger partial charge is 0.490 e. The van der Waals surface area contributed by atoms with Crippen LogP contribution in [0.15, 0.2) is 91.0 Å². The first-order chi connectivity index (χ1) is 20.3. The number of imidazole rings is 1. The topological polar surface area (TPSA) is 87.2 Å². The van der Waals surface area contributed by atoms with Crippen LogP contribution >= 0.6 is 0 Å². The van der Waals surface area contributed by atoms with Gasteiger partial charge in [0.2, 0.25) is 0 Å². The minimum absolute atomic E-state index is 0.360. The summed E-state index contributed by atoms with van der Waals surface area (Å²) in [5, 5.41) is 10.6. The molecule has 0 spiro atoms. The van der Waals surface area contributed by atoms with Crippen molar-refractivity contribution in [3.63, 3.8) is 0 Å². The van der Waals surface area contributed by atoms with Gasteiger partial charge in [-0.1, -0.05) is 54.6 Å². The molecule has 0 aliphatic heterocycles. The first kappa shape index (κ1) is 31.1. The molecule has 12 heteroatoms. The molecule has 0 saturated carbocycles. The summed E-state index contributed by atoms with van der Waals surface area (Å²) >= 11 is 0. The number of H-pyrrole nitrogens is 1. The van der Waals surface area contributed by atoms with E-state index in [1.165, 1.54) is 17.2 Å². The maximum Gasteiger partial charge on any atom is 0.490 e. The van der Waals surface area contributed by atoms with Crippen LogP contribution in [0.5, 0.6) is 5.75 Å². The van der Waals surface area contributed by atoms with E-state index in [0.29, 0.717) is 16.9 Å². The lowest BCUT2D eigenvalue weighted by atomic mass is 10.0. The van der Waals surface area contributed by atoms with E-state index in [2.05, 4.69) is 33.5 Å². The number of carboxylic acids is 1. The molecule has 0 atom stereocenters. The van der Waals surface area contributed by atoms with Crippen LogP contribution in [-0.4, -0.2) is 34.3 Å². The molecule has 4 aromatic carbocycles. The van der Waals surface area contributed by atoms with Crippen molar-refractivity contribution < 1.29 is 41.0 Å². The van der Waals surface area contributed by atoms with Crippen LogP contribution in [-0.2, 0) is 24.1 Å². The van der Waals surface area contributed by atoms with Gasteiger partial charge in [-0.15, -0.1) is 0 Å². The van der Waals surface area contributed by atoms with E-state index in [-0.39, 0.29) is 0 Å². The molecule has 224 valence electrons. The number of hydrogen-bond acceptors (Lipinski definition) is 4. The van der Waals surface area contributed by atoms with Crippen molar-refractivity contribution in [3.05, 3.63) is 108 Å². The second kappa shape index (κ2) is 13.0. The maximum absolute atomic E-state index is 13.0. The van der Waals surface area contributed by atoms with Crippen molar-refractivity contribution in [2.24, 2.45) is 0 Å². The molecule has 0 fully saturated rings.